The van der Waals surface area contributed by atoms with Gasteiger partial charge in [-0.1, -0.05) is 18.2 Å². The lowest BCUT2D eigenvalue weighted by atomic mass is 9.93. The highest BCUT2D eigenvalue weighted by Gasteiger charge is 2.35. The largest absolute Gasteiger partial charge is 0.416 e. The van der Waals surface area contributed by atoms with Crippen molar-refractivity contribution in [1.82, 2.24) is 0 Å². The van der Waals surface area contributed by atoms with Crippen LogP contribution in [0.2, 0.25) is 0 Å². The Labute approximate surface area is 116 Å². The number of anilines is 1. The molecule has 1 saturated carbocycles. The van der Waals surface area contributed by atoms with E-state index in [1.54, 1.807) is 0 Å². The van der Waals surface area contributed by atoms with Crippen molar-refractivity contribution in [2.24, 2.45) is 17.8 Å². The zero-order valence-electron chi connectivity index (χ0n) is 11.4. The summed E-state index contributed by atoms with van der Waals surface area (Å²) in [6.45, 7) is 2.59. The van der Waals surface area contributed by atoms with E-state index in [-0.39, 0.29) is 0 Å². The van der Waals surface area contributed by atoms with Crippen LogP contribution < -0.4 is 5.32 Å². The van der Waals surface area contributed by atoms with E-state index in [9.17, 15) is 13.2 Å². The molecule has 108 valence electrons. The smallest absolute Gasteiger partial charge is 0.385 e. The molecule has 3 atom stereocenters. The zero-order valence-corrected chi connectivity index (χ0v) is 11.4. The summed E-state index contributed by atoms with van der Waals surface area (Å²) < 4.78 is 38.2. The van der Waals surface area contributed by atoms with Gasteiger partial charge < -0.3 is 5.32 Å². The molecule has 0 heterocycles. The molecule has 0 amide bonds. The SMILES string of the molecule is Cc1ccc(C(F)(F)F)cc1NCC1CC2C=CC1C2. The van der Waals surface area contributed by atoms with E-state index in [4.69, 9.17) is 0 Å². The molecule has 1 N–H and O–H groups in total. The fourth-order valence-corrected chi connectivity index (χ4v) is 3.36. The van der Waals surface area contributed by atoms with Gasteiger partial charge in [-0.2, -0.15) is 13.2 Å². The van der Waals surface area contributed by atoms with E-state index in [2.05, 4.69) is 17.5 Å². The van der Waals surface area contributed by atoms with Crippen LogP contribution in [-0.4, -0.2) is 6.54 Å². The molecule has 1 aromatic rings. The van der Waals surface area contributed by atoms with Crippen molar-refractivity contribution in [3.8, 4) is 0 Å². The monoisotopic (exact) mass is 281 g/mol. The van der Waals surface area contributed by atoms with Crippen molar-refractivity contribution < 1.29 is 13.2 Å². The van der Waals surface area contributed by atoms with Gasteiger partial charge in [-0.3, -0.25) is 0 Å². The number of fused-ring (bicyclic) bond motifs is 2. The summed E-state index contributed by atoms with van der Waals surface area (Å²) in [5.74, 6) is 1.85. The van der Waals surface area contributed by atoms with Crippen LogP contribution in [0.15, 0.2) is 30.4 Å². The molecule has 4 heteroatoms. The van der Waals surface area contributed by atoms with Crippen LogP contribution in [0.25, 0.3) is 0 Å². The first-order chi connectivity index (χ1) is 9.43. The molecule has 3 unspecified atom stereocenters. The summed E-state index contributed by atoms with van der Waals surface area (Å²) in [6.07, 6.45) is 2.63. The highest BCUT2D eigenvalue weighted by Crippen LogP contribution is 2.43. The number of rotatable bonds is 3. The number of nitrogens with one attached hydrogen (secondary N) is 1. The number of halogens is 3. The van der Waals surface area contributed by atoms with E-state index in [1.807, 2.05) is 6.92 Å². The van der Waals surface area contributed by atoms with Crippen LogP contribution in [0.4, 0.5) is 18.9 Å². The van der Waals surface area contributed by atoms with E-state index < -0.39 is 11.7 Å². The molecule has 0 saturated heterocycles. The molecule has 1 nitrogen and oxygen atoms in total. The maximum absolute atomic E-state index is 12.7. The predicted molar refractivity (Wildman–Crippen MR) is 73.5 cm³/mol. The van der Waals surface area contributed by atoms with Gasteiger partial charge >= 0.3 is 6.18 Å². The number of allylic oxidation sites excluding steroid dienone is 2. The number of alkyl halides is 3. The Morgan fingerprint density at radius 1 is 1.20 bits per heavy atom. The predicted octanol–water partition coefficient (Wildman–Crippen LogP) is 4.64. The van der Waals surface area contributed by atoms with Gasteiger partial charge in [0.2, 0.25) is 0 Å². The quantitative estimate of drug-likeness (QED) is 0.796. The zero-order chi connectivity index (χ0) is 14.3. The summed E-state index contributed by atoms with van der Waals surface area (Å²) >= 11 is 0. The first-order valence-corrected chi connectivity index (χ1v) is 7.03. The summed E-state index contributed by atoms with van der Waals surface area (Å²) in [5.41, 5.74) is 0.877. The van der Waals surface area contributed by atoms with Crippen LogP contribution in [0.5, 0.6) is 0 Å². The summed E-state index contributed by atoms with van der Waals surface area (Å²) in [5, 5.41) is 3.22. The van der Waals surface area contributed by atoms with Crippen molar-refractivity contribution in [1.29, 1.82) is 0 Å². The van der Waals surface area contributed by atoms with Crippen LogP contribution in [0.3, 0.4) is 0 Å². The van der Waals surface area contributed by atoms with Gasteiger partial charge in [0.1, 0.15) is 0 Å². The fraction of sp³-hybridized carbons (Fsp3) is 0.500. The molecule has 2 aliphatic carbocycles. The standard InChI is InChI=1S/C16H18F3N/c1-10-2-5-14(16(17,18)19)8-15(10)20-9-13-7-11-3-4-12(13)6-11/h2-5,8,11-13,20H,6-7,9H2,1H3. The number of hydrogen-bond acceptors (Lipinski definition) is 1. The Bertz CT molecular complexity index is 533. The van der Waals surface area contributed by atoms with Gasteiger partial charge in [-0.15, -0.1) is 0 Å². The first kappa shape index (κ1) is 13.5. The number of benzene rings is 1. The van der Waals surface area contributed by atoms with Gasteiger partial charge in [0.25, 0.3) is 0 Å². The highest BCUT2D eigenvalue weighted by atomic mass is 19.4. The van der Waals surface area contributed by atoms with E-state index >= 15 is 0 Å². The van der Waals surface area contributed by atoms with Crippen LogP contribution in [-0.2, 0) is 6.18 Å². The highest BCUT2D eigenvalue weighted by molar-refractivity contribution is 5.53. The average molecular weight is 281 g/mol. The summed E-state index contributed by atoms with van der Waals surface area (Å²) in [6, 6.07) is 3.89. The molecule has 3 rings (SSSR count). The normalized spacial score (nSPS) is 28.1. The molecule has 20 heavy (non-hydrogen) atoms. The molecule has 0 radical (unpaired) electrons. The average Bonchev–Trinajstić information content (AvgIpc) is 2.98. The molecule has 0 aliphatic heterocycles. The molecular formula is C16H18F3N. The maximum Gasteiger partial charge on any atom is 0.416 e. The topological polar surface area (TPSA) is 12.0 Å². The molecule has 0 spiro atoms. The lowest BCUT2D eigenvalue weighted by molar-refractivity contribution is -0.137. The minimum absolute atomic E-state index is 0.555. The van der Waals surface area contributed by atoms with E-state index in [1.165, 1.54) is 18.6 Å². The third kappa shape index (κ3) is 2.56. The van der Waals surface area contributed by atoms with Crippen molar-refractivity contribution >= 4 is 5.69 Å². The number of aryl methyl sites for hydroxylation is 1. The van der Waals surface area contributed by atoms with Crippen molar-refractivity contribution in [2.45, 2.75) is 25.9 Å². The Morgan fingerprint density at radius 2 is 2.00 bits per heavy atom. The van der Waals surface area contributed by atoms with Crippen molar-refractivity contribution in [2.75, 3.05) is 11.9 Å². The lowest BCUT2D eigenvalue weighted by Gasteiger charge is -2.20. The number of hydrogen-bond donors (Lipinski definition) is 1. The van der Waals surface area contributed by atoms with Gasteiger partial charge in [0.15, 0.2) is 0 Å². The van der Waals surface area contributed by atoms with Crippen LogP contribution in [0.1, 0.15) is 24.0 Å². The molecular weight excluding hydrogens is 263 g/mol. The van der Waals surface area contributed by atoms with Crippen molar-refractivity contribution in [3.05, 3.63) is 41.5 Å². The lowest BCUT2D eigenvalue weighted by Crippen LogP contribution is -2.19. The molecule has 1 fully saturated rings. The Kier molecular flexibility index (Phi) is 3.27. The minimum atomic E-state index is -4.28. The van der Waals surface area contributed by atoms with E-state index in [0.29, 0.717) is 23.4 Å². The van der Waals surface area contributed by atoms with Gasteiger partial charge in [-0.25, -0.2) is 0 Å². The molecule has 0 aromatic heterocycles. The Hall–Kier alpha value is -1.45. The second-order valence-electron chi connectivity index (χ2n) is 5.95. The second kappa shape index (κ2) is 4.83. The third-order valence-corrected chi connectivity index (χ3v) is 4.54. The molecule has 2 aliphatic rings. The summed E-state index contributed by atoms with van der Waals surface area (Å²) in [7, 11) is 0. The van der Waals surface area contributed by atoms with Gasteiger partial charge in [0, 0.05) is 12.2 Å². The van der Waals surface area contributed by atoms with E-state index in [0.717, 1.165) is 24.6 Å². The molecule has 2 bridgehead atoms. The van der Waals surface area contributed by atoms with Crippen molar-refractivity contribution in [3.63, 3.8) is 0 Å². The van der Waals surface area contributed by atoms with Crippen LogP contribution >= 0.6 is 0 Å². The summed E-state index contributed by atoms with van der Waals surface area (Å²) in [4.78, 5) is 0. The second-order valence-corrected chi connectivity index (χ2v) is 5.95. The Balaban J connectivity index is 1.69. The Morgan fingerprint density at radius 3 is 2.60 bits per heavy atom. The minimum Gasteiger partial charge on any atom is -0.385 e. The van der Waals surface area contributed by atoms with Gasteiger partial charge in [-0.05, 0) is 55.2 Å². The maximum atomic E-state index is 12.7. The fourth-order valence-electron chi connectivity index (χ4n) is 3.36. The third-order valence-electron chi connectivity index (χ3n) is 4.54. The molecule has 1 aromatic carbocycles. The first-order valence-electron chi connectivity index (χ1n) is 7.03. The van der Waals surface area contributed by atoms with Crippen LogP contribution in [0, 0.1) is 24.7 Å². The van der Waals surface area contributed by atoms with Gasteiger partial charge in [0.05, 0.1) is 5.56 Å².